The molecule has 0 saturated heterocycles. The van der Waals surface area contributed by atoms with E-state index >= 15 is 0 Å². The number of H-pyrrole nitrogens is 1. The molecular formula is C26H30FN5O3. The number of hydrogen-bond donors (Lipinski definition) is 2. The quantitative estimate of drug-likeness (QED) is 0.539. The van der Waals surface area contributed by atoms with Crippen LogP contribution in [0.2, 0.25) is 0 Å². The third-order valence-electron chi connectivity index (χ3n) is 6.34. The smallest absolute Gasteiger partial charge is 0.411 e. The number of rotatable bonds is 6. The van der Waals surface area contributed by atoms with Gasteiger partial charge >= 0.3 is 6.09 Å². The van der Waals surface area contributed by atoms with Gasteiger partial charge < -0.3 is 15.0 Å². The molecule has 0 radical (unpaired) electrons. The number of benzene rings is 2. The summed E-state index contributed by atoms with van der Waals surface area (Å²) in [5.41, 5.74) is 3.02. The van der Waals surface area contributed by atoms with E-state index in [2.05, 4.69) is 15.5 Å². The molecule has 1 aromatic heterocycles. The number of amides is 2. The van der Waals surface area contributed by atoms with E-state index in [1.54, 1.807) is 4.90 Å². The molecule has 9 heteroatoms. The minimum atomic E-state index is -0.729. The van der Waals surface area contributed by atoms with Gasteiger partial charge in [-0.15, -0.1) is 0 Å². The molecule has 4 rings (SSSR count). The summed E-state index contributed by atoms with van der Waals surface area (Å²) in [5.74, 6) is -0.499. The highest BCUT2D eigenvalue weighted by Gasteiger charge is 2.45. The third kappa shape index (κ3) is 4.90. The summed E-state index contributed by atoms with van der Waals surface area (Å²) in [5, 5.41) is 9.99. The number of hydrogen-bond acceptors (Lipinski definition) is 5. The van der Waals surface area contributed by atoms with Crippen molar-refractivity contribution in [1.82, 2.24) is 20.0 Å². The second-order valence-electron chi connectivity index (χ2n) is 9.52. The standard InChI is InChI=1S/C26H30FN5O3/c1-16-8-6-7-9-19(16)21(15-31(4)5)35-25(34)32-14-20-22(26(32,2)3)29-30-23(20)28-24(33)17-10-12-18(27)13-11-17/h6-13,21H,14-15H2,1-5H3,(H2,28,29,30,33). The van der Waals surface area contributed by atoms with E-state index in [4.69, 9.17) is 4.74 Å². The average molecular weight is 480 g/mol. The number of fused-ring (bicyclic) bond motifs is 1. The molecule has 184 valence electrons. The van der Waals surface area contributed by atoms with Crippen LogP contribution < -0.4 is 5.32 Å². The van der Waals surface area contributed by atoms with Gasteiger partial charge in [-0.3, -0.25) is 14.8 Å². The van der Waals surface area contributed by atoms with Crippen LogP contribution in [0.4, 0.5) is 15.0 Å². The molecule has 2 amide bonds. The summed E-state index contributed by atoms with van der Waals surface area (Å²) in [6.07, 6.45) is -0.894. The number of aryl methyl sites for hydroxylation is 1. The Balaban J connectivity index is 1.54. The molecule has 0 saturated carbocycles. The molecule has 0 fully saturated rings. The van der Waals surface area contributed by atoms with Gasteiger partial charge in [-0.05, 0) is 70.3 Å². The van der Waals surface area contributed by atoms with Crippen LogP contribution in [0.5, 0.6) is 0 Å². The van der Waals surface area contributed by atoms with Crippen molar-refractivity contribution in [2.24, 2.45) is 0 Å². The minimum Gasteiger partial charge on any atom is -0.440 e. The number of nitrogens with one attached hydrogen (secondary N) is 2. The minimum absolute atomic E-state index is 0.221. The highest BCUT2D eigenvalue weighted by atomic mass is 19.1. The maximum Gasteiger partial charge on any atom is 0.411 e. The van der Waals surface area contributed by atoms with E-state index in [0.717, 1.165) is 16.8 Å². The molecule has 0 bridgehead atoms. The van der Waals surface area contributed by atoms with Gasteiger partial charge in [-0.25, -0.2) is 9.18 Å². The molecule has 2 N–H and O–H groups in total. The fourth-order valence-electron chi connectivity index (χ4n) is 4.36. The second kappa shape index (κ2) is 9.50. The van der Waals surface area contributed by atoms with Gasteiger partial charge in [0, 0.05) is 17.7 Å². The zero-order chi connectivity index (χ0) is 25.3. The number of halogens is 1. The summed E-state index contributed by atoms with van der Waals surface area (Å²) >= 11 is 0. The third-order valence-corrected chi connectivity index (χ3v) is 6.34. The molecular weight excluding hydrogens is 449 g/mol. The molecule has 1 aliphatic rings. The first-order valence-electron chi connectivity index (χ1n) is 11.4. The maximum absolute atomic E-state index is 13.4. The first-order chi connectivity index (χ1) is 16.6. The lowest BCUT2D eigenvalue weighted by Crippen LogP contribution is -2.42. The molecule has 1 aliphatic heterocycles. The number of carbonyl (C=O) groups excluding carboxylic acids is 2. The summed E-state index contributed by atoms with van der Waals surface area (Å²) in [7, 11) is 3.87. The lowest BCUT2D eigenvalue weighted by atomic mass is 10.0. The van der Waals surface area contributed by atoms with E-state index in [1.807, 2.05) is 64.0 Å². The second-order valence-corrected chi connectivity index (χ2v) is 9.52. The molecule has 1 unspecified atom stereocenters. The molecule has 2 aromatic carbocycles. The predicted molar refractivity (Wildman–Crippen MR) is 130 cm³/mol. The van der Waals surface area contributed by atoms with Crippen LogP contribution in [-0.2, 0) is 16.8 Å². The van der Waals surface area contributed by atoms with Crippen molar-refractivity contribution in [3.8, 4) is 0 Å². The largest absolute Gasteiger partial charge is 0.440 e. The van der Waals surface area contributed by atoms with Gasteiger partial charge in [0.05, 0.1) is 17.8 Å². The molecule has 0 spiro atoms. The Labute approximate surface area is 204 Å². The first-order valence-corrected chi connectivity index (χ1v) is 11.4. The van der Waals surface area contributed by atoms with Gasteiger partial charge in [-0.2, -0.15) is 5.10 Å². The summed E-state index contributed by atoms with van der Waals surface area (Å²) in [4.78, 5) is 29.7. The highest BCUT2D eigenvalue weighted by Crippen LogP contribution is 2.41. The normalized spacial score (nSPS) is 15.1. The number of aromatic nitrogens is 2. The fourth-order valence-corrected chi connectivity index (χ4v) is 4.36. The Bertz CT molecular complexity index is 1240. The Kier molecular flexibility index (Phi) is 6.62. The van der Waals surface area contributed by atoms with Crippen molar-refractivity contribution in [2.45, 2.75) is 39.0 Å². The predicted octanol–water partition coefficient (Wildman–Crippen LogP) is 4.60. The fraction of sp³-hybridized carbons (Fsp3) is 0.346. The van der Waals surface area contributed by atoms with Crippen LogP contribution in [0.15, 0.2) is 48.5 Å². The van der Waals surface area contributed by atoms with Gasteiger partial charge in [0.15, 0.2) is 5.82 Å². The van der Waals surface area contributed by atoms with E-state index in [1.165, 1.54) is 24.3 Å². The zero-order valence-electron chi connectivity index (χ0n) is 20.6. The molecule has 1 atom stereocenters. The Morgan fingerprint density at radius 1 is 1.20 bits per heavy atom. The maximum atomic E-state index is 13.4. The first kappa shape index (κ1) is 24.4. The van der Waals surface area contributed by atoms with Crippen LogP contribution in [0.1, 0.15) is 52.7 Å². The molecule has 3 aromatic rings. The number of carbonyl (C=O) groups is 2. The SMILES string of the molecule is Cc1ccccc1C(CN(C)C)OC(=O)N1Cc2c(NC(=O)c3ccc(F)cc3)n[nH]c2C1(C)C. The highest BCUT2D eigenvalue weighted by molar-refractivity contribution is 6.04. The van der Waals surface area contributed by atoms with E-state index in [-0.39, 0.29) is 6.54 Å². The summed E-state index contributed by atoms with van der Waals surface area (Å²) in [6, 6.07) is 13.1. The van der Waals surface area contributed by atoms with Gasteiger partial charge in [0.25, 0.3) is 5.91 Å². The molecule has 2 heterocycles. The number of likely N-dealkylation sites (N-methyl/N-ethyl adjacent to an activating group) is 1. The van der Waals surface area contributed by atoms with E-state index in [0.29, 0.717) is 23.5 Å². The topological polar surface area (TPSA) is 90.6 Å². The van der Waals surface area contributed by atoms with Crippen molar-refractivity contribution in [2.75, 3.05) is 26.0 Å². The van der Waals surface area contributed by atoms with Crippen LogP contribution in [-0.4, -0.2) is 52.6 Å². The number of aromatic amines is 1. The number of nitrogens with zero attached hydrogens (tertiary/aromatic N) is 3. The number of ether oxygens (including phenoxy) is 1. The summed E-state index contributed by atoms with van der Waals surface area (Å²) in [6.45, 7) is 6.56. The van der Waals surface area contributed by atoms with Crippen molar-refractivity contribution in [3.05, 3.63) is 82.3 Å². The van der Waals surface area contributed by atoms with Gasteiger partial charge in [0.2, 0.25) is 0 Å². The van der Waals surface area contributed by atoms with Crippen molar-refractivity contribution in [1.29, 1.82) is 0 Å². The molecule has 35 heavy (non-hydrogen) atoms. The van der Waals surface area contributed by atoms with Crippen LogP contribution in [0.3, 0.4) is 0 Å². The van der Waals surface area contributed by atoms with Crippen LogP contribution in [0.25, 0.3) is 0 Å². The van der Waals surface area contributed by atoms with Crippen molar-refractivity contribution >= 4 is 17.8 Å². The lowest BCUT2D eigenvalue weighted by Gasteiger charge is -2.33. The summed E-state index contributed by atoms with van der Waals surface area (Å²) < 4.78 is 19.2. The number of anilines is 1. The Morgan fingerprint density at radius 3 is 2.54 bits per heavy atom. The van der Waals surface area contributed by atoms with Gasteiger partial charge in [0.1, 0.15) is 11.9 Å². The lowest BCUT2D eigenvalue weighted by molar-refractivity contribution is 0.0257. The van der Waals surface area contributed by atoms with Crippen molar-refractivity contribution < 1.29 is 18.7 Å². The monoisotopic (exact) mass is 479 g/mol. The van der Waals surface area contributed by atoms with Crippen molar-refractivity contribution in [3.63, 3.8) is 0 Å². The average Bonchev–Trinajstić information content (AvgIpc) is 3.31. The van der Waals surface area contributed by atoms with E-state index in [9.17, 15) is 14.0 Å². The van der Waals surface area contributed by atoms with E-state index < -0.39 is 29.5 Å². The Morgan fingerprint density at radius 2 is 1.89 bits per heavy atom. The molecule has 0 aliphatic carbocycles. The zero-order valence-corrected chi connectivity index (χ0v) is 20.6. The van der Waals surface area contributed by atoms with Crippen LogP contribution >= 0.6 is 0 Å². The Hall–Kier alpha value is -3.72. The van der Waals surface area contributed by atoms with Gasteiger partial charge in [-0.1, -0.05) is 24.3 Å². The van der Waals surface area contributed by atoms with Crippen LogP contribution in [0, 0.1) is 12.7 Å². The molecule has 8 nitrogen and oxygen atoms in total.